The molecule has 1 aromatic rings. The summed E-state index contributed by atoms with van der Waals surface area (Å²) in [6.07, 6.45) is 4.19. The Balaban J connectivity index is 2.13. The fraction of sp³-hybridized carbons (Fsp3) is 0.588. The van der Waals surface area contributed by atoms with Gasteiger partial charge >= 0.3 is 0 Å². The fourth-order valence-corrected chi connectivity index (χ4v) is 3.33. The SMILES string of the molecule is COC1(C(=O)Cc2ccccc2Br)CCC(C)(C)CC1. The van der Waals surface area contributed by atoms with Gasteiger partial charge in [-0.2, -0.15) is 0 Å². The van der Waals surface area contributed by atoms with Gasteiger partial charge in [-0.25, -0.2) is 0 Å². The molecule has 1 aliphatic carbocycles. The van der Waals surface area contributed by atoms with E-state index in [1.54, 1.807) is 7.11 Å². The number of methoxy groups -OCH3 is 1. The molecular weight excluding hydrogens is 316 g/mol. The van der Waals surface area contributed by atoms with E-state index in [9.17, 15) is 4.79 Å². The van der Waals surface area contributed by atoms with Crippen LogP contribution in [0.2, 0.25) is 0 Å². The van der Waals surface area contributed by atoms with Crippen LogP contribution < -0.4 is 0 Å². The van der Waals surface area contributed by atoms with Gasteiger partial charge in [-0.3, -0.25) is 4.79 Å². The first-order valence-electron chi connectivity index (χ1n) is 7.20. The van der Waals surface area contributed by atoms with Crippen LogP contribution in [0.1, 0.15) is 45.1 Å². The van der Waals surface area contributed by atoms with Crippen LogP contribution in [-0.4, -0.2) is 18.5 Å². The van der Waals surface area contributed by atoms with E-state index >= 15 is 0 Å². The summed E-state index contributed by atoms with van der Waals surface area (Å²) >= 11 is 3.51. The Labute approximate surface area is 130 Å². The summed E-state index contributed by atoms with van der Waals surface area (Å²) in [7, 11) is 1.68. The second-order valence-corrected chi connectivity index (χ2v) is 7.41. The first kappa shape index (κ1) is 15.7. The molecule has 0 saturated heterocycles. The quantitative estimate of drug-likeness (QED) is 0.805. The molecule has 0 atom stereocenters. The van der Waals surface area contributed by atoms with E-state index in [0.29, 0.717) is 11.8 Å². The lowest BCUT2D eigenvalue weighted by molar-refractivity contribution is -0.147. The van der Waals surface area contributed by atoms with Crippen LogP contribution in [-0.2, 0) is 16.0 Å². The van der Waals surface area contributed by atoms with E-state index in [-0.39, 0.29) is 5.78 Å². The fourth-order valence-electron chi connectivity index (χ4n) is 2.90. The van der Waals surface area contributed by atoms with Crippen molar-refractivity contribution < 1.29 is 9.53 Å². The minimum atomic E-state index is -0.579. The minimum Gasteiger partial charge on any atom is -0.370 e. The van der Waals surface area contributed by atoms with Gasteiger partial charge < -0.3 is 4.74 Å². The third kappa shape index (κ3) is 3.32. The third-order valence-electron chi connectivity index (χ3n) is 4.62. The highest BCUT2D eigenvalue weighted by atomic mass is 79.9. The van der Waals surface area contributed by atoms with E-state index in [1.165, 1.54) is 0 Å². The molecule has 110 valence electrons. The maximum atomic E-state index is 12.7. The number of carbonyl (C=O) groups is 1. The number of ether oxygens (including phenoxy) is 1. The minimum absolute atomic E-state index is 0.211. The van der Waals surface area contributed by atoms with Crippen molar-refractivity contribution in [2.75, 3.05) is 7.11 Å². The highest BCUT2D eigenvalue weighted by molar-refractivity contribution is 9.10. The van der Waals surface area contributed by atoms with Crippen LogP contribution in [0.3, 0.4) is 0 Å². The Hall–Kier alpha value is -0.670. The van der Waals surface area contributed by atoms with Crippen molar-refractivity contribution >= 4 is 21.7 Å². The van der Waals surface area contributed by atoms with Gasteiger partial charge in [0, 0.05) is 18.0 Å². The lowest BCUT2D eigenvalue weighted by atomic mass is 9.69. The Morgan fingerprint density at radius 1 is 1.20 bits per heavy atom. The van der Waals surface area contributed by atoms with Crippen molar-refractivity contribution in [3.63, 3.8) is 0 Å². The second kappa shape index (κ2) is 5.98. The maximum absolute atomic E-state index is 12.7. The van der Waals surface area contributed by atoms with E-state index in [0.717, 1.165) is 35.7 Å². The van der Waals surface area contributed by atoms with E-state index in [2.05, 4.69) is 29.8 Å². The molecular formula is C17H23BrO2. The zero-order chi connectivity index (χ0) is 14.8. The summed E-state index contributed by atoms with van der Waals surface area (Å²) in [5.74, 6) is 0.211. The molecule has 20 heavy (non-hydrogen) atoms. The zero-order valence-corrected chi connectivity index (χ0v) is 14.1. The zero-order valence-electron chi connectivity index (χ0n) is 12.5. The monoisotopic (exact) mass is 338 g/mol. The van der Waals surface area contributed by atoms with Crippen LogP contribution in [0, 0.1) is 5.41 Å². The molecule has 0 radical (unpaired) electrons. The highest BCUT2D eigenvalue weighted by Crippen LogP contribution is 2.42. The number of Topliss-reactive ketones (excluding diaryl/α,β-unsaturated/α-hetero) is 1. The topological polar surface area (TPSA) is 26.3 Å². The molecule has 0 aliphatic heterocycles. The molecule has 0 amide bonds. The van der Waals surface area contributed by atoms with E-state index < -0.39 is 5.60 Å². The van der Waals surface area contributed by atoms with Crippen LogP contribution in [0.15, 0.2) is 28.7 Å². The number of hydrogen-bond donors (Lipinski definition) is 0. The van der Waals surface area contributed by atoms with Gasteiger partial charge in [-0.15, -0.1) is 0 Å². The Kier molecular flexibility index (Phi) is 4.70. The van der Waals surface area contributed by atoms with Crippen LogP contribution in [0.5, 0.6) is 0 Å². The molecule has 0 unspecified atom stereocenters. The van der Waals surface area contributed by atoms with Gasteiger partial charge in [-0.05, 0) is 42.7 Å². The van der Waals surface area contributed by atoms with Gasteiger partial charge in [-0.1, -0.05) is 48.0 Å². The van der Waals surface area contributed by atoms with Gasteiger partial charge in [0.05, 0.1) is 0 Å². The molecule has 0 N–H and O–H groups in total. The van der Waals surface area contributed by atoms with Crippen LogP contribution >= 0.6 is 15.9 Å². The summed E-state index contributed by atoms with van der Waals surface area (Å²) in [5, 5.41) is 0. The molecule has 2 nitrogen and oxygen atoms in total. The molecule has 0 heterocycles. The Bertz CT molecular complexity index is 484. The predicted octanol–water partition coefficient (Wildman–Crippen LogP) is 4.55. The van der Waals surface area contributed by atoms with Gasteiger partial charge in [0.1, 0.15) is 5.60 Å². The third-order valence-corrected chi connectivity index (χ3v) is 5.39. The summed E-state index contributed by atoms with van der Waals surface area (Å²) < 4.78 is 6.68. The standard InChI is InChI=1S/C17H23BrO2/c1-16(2)8-10-17(20-3,11-9-16)15(19)12-13-6-4-5-7-14(13)18/h4-7H,8-12H2,1-3H3. The molecule has 0 aromatic heterocycles. The Morgan fingerprint density at radius 3 is 2.35 bits per heavy atom. The molecule has 1 saturated carbocycles. The first-order chi connectivity index (χ1) is 9.38. The van der Waals surface area contributed by atoms with Crippen molar-refractivity contribution in [1.82, 2.24) is 0 Å². The number of ketones is 1. The first-order valence-corrected chi connectivity index (χ1v) is 8.00. The molecule has 1 aliphatic rings. The van der Waals surface area contributed by atoms with Gasteiger partial charge in [0.25, 0.3) is 0 Å². The molecule has 0 bridgehead atoms. The molecule has 3 heteroatoms. The molecule has 2 rings (SSSR count). The molecule has 1 aromatic carbocycles. The van der Waals surface area contributed by atoms with Gasteiger partial charge in [0.15, 0.2) is 5.78 Å². The average Bonchev–Trinajstić information content (AvgIpc) is 2.42. The summed E-state index contributed by atoms with van der Waals surface area (Å²) in [6, 6.07) is 7.91. The number of hydrogen-bond acceptors (Lipinski definition) is 2. The maximum Gasteiger partial charge on any atom is 0.168 e. The van der Waals surface area contributed by atoms with Crippen molar-refractivity contribution in [3.8, 4) is 0 Å². The summed E-state index contributed by atoms with van der Waals surface area (Å²) in [6.45, 7) is 4.54. The molecule has 0 spiro atoms. The second-order valence-electron chi connectivity index (χ2n) is 6.55. The van der Waals surface area contributed by atoms with Crippen LogP contribution in [0.25, 0.3) is 0 Å². The van der Waals surface area contributed by atoms with Crippen molar-refractivity contribution in [1.29, 1.82) is 0 Å². The van der Waals surface area contributed by atoms with Gasteiger partial charge in [0.2, 0.25) is 0 Å². The lowest BCUT2D eigenvalue weighted by Crippen LogP contribution is -2.46. The summed E-state index contributed by atoms with van der Waals surface area (Å²) in [4.78, 5) is 12.7. The highest BCUT2D eigenvalue weighted by Gasteiger charge is 2.43. The number of rotatable bonds is 4. The smallest absolute Gasteiger partial charge is 0.168 e. The number of benzene rings is 1. The average molecular weight is 339 g/mol. The Morgan fingerprint density at radius 2 is 1.80 bits per heavy atom. The van der Waals surface area contributed by atoms with Crippen LogP contribution in [0.4, 0.5) is 0 Å². The largest absolute Gasteiger partial charge is 0.370 e. The number of carbonyl (C=O) groups excluding carboxylic acids is 1. The lowest BCUT2D eigenvalue weighted by Gasteiger charge is -2.41. The van der Waals surface area contributed by atoms with Crippen molar-refractivity contribution in [2.45, 2.75) is 51.6 Å². The summed E-state index contributed by atoms with van der Waals surface area (Å²) in [5.41, 5.74) is 0.791. The predicted molar refractivity (Wildman–Crippen MR) is 84.8 cm³/mol. The van der Waals surface area contributed by atoms with E-state index in [4.69, 9.17) is 4.74 Å². The van der Waals surface area contributed by atoms with E-state index in [1.807, 2.05) is 24.3 Å². The number of halogens is 1. The van der Waals surface area contributed by atoms with Crippen molar-refractivity contribution in [2.24, 2.45) is 5.41 Å². The van der Waals surface area contributed by atoms with Crippen molar-refractivity contribution in [3.05, 3.63) is 34.3 Å². The molecule has 1 fully saturated rings. The normalized spacial score (nSPS) is 20.6.